The molecule has 0 radical (unpaired) electrons. The number of nitrogens with one attached hydrogen (secondary N) is 1. The fraction of sp³-hybridized carbons (Fsp3) is 0.438. The van der Waals surface area contributed by atoms with Crippen LogP contribution in [0.2, 0.25) is 0 Å². The predicted molar refractivity (Wildman–Crippen MR) is 86.2 cm³/mol. The van der Waals surface area contributed by atoms with E-state index in [1.807, 2.05) is 25.0 Å². The molecule has 0 saturated heterocycles. The van der Waals surface area contributed by atoms with Crippen LogP contribution in [0.1, 0.15) is 30.8 Å². The second kappa shape index (κ2) is 7.50. The van der Waals surface area contributed by atoms with Crippen molar-refractivity contribution in [1.29, 1.82) is 0 Å². The zero-order valence-electron chi connectivity index (χ0n) is 12.5. The third-order valence-electron chi connectivity index (χ3n) is 3.37. The molecular weight excluding hydrogens is 266 g/mol. The van der Waals surface area contributed by atoms with Gasteiger partial charge in [-0.15, -0.1) is 11.8 Å². The van der Waals surface area contributed by atoms with Gasteiger partial charge in [-0.3, -0.25) is 0 Å². The highest BCUT2D eigenvalue weighted by atomic mass is 32.2. The molecule has 0 saturated carbocycles. The molecule has 0 aliphatic heterocycles. The van der Waals surface area contributed by atoms with Crippen LogP contribution in [0.5, 0.6) is 0 Å². The van der Waals surface area contributed by atoms with E-state index in [1.165, 1.54) is 10.5 Å². The fourth-order valence-corrected chi connectivity index (χ4v) is 3.37. The summed E-state index contributed by atoms with van der Waals surface area (Å²) in [6, 6.07) is 8.81. The molecule has 1 N–H and O–H groups in total. The van der Waals surface area contributed by atoms with Gasteiger partial charge in [-0.1, -0.05) is 25.1 Å². The fourth-order valence-electron chi connectivity index (χ4n) is 2.24. The molecule has 0 aliphatic rings. The van der Waals surface area contributed by atoms with E-state index < -0.39 is 0 Å². The van der Waals surface area contributed by atoms with Gasteiger partial charge in [0, 0.05) is 29.6 Å². The second-order valence-corrected chi connectivity index (χ2v) is 5.96. The minimum atomic E-state index is 0.279. The summed E-state index contributed by atoms with van der Waals surface area (Å²) in [5, 5.41) is 3.39. The molecule has 0 spiro atoms. The summed E-state index contributed by atoms with van der Waals surface area (Å²) in [5.74, 6) is 2.12. The highest BCUT2D eigenvalue weighted by Crippen LogP contribution is 2.26. The Morgan fingerprint density at radius 2 is 2.15 bits per heavy atom. The predicted octanol–water partition coefficient (Wildman–Crippen LogP) is 3.65. The van der Waals surface area contributed by atoms with Crippen molar-refractivity contribution in [1.82, 2.24) is 14.9 Å². The topological polar surface area (TPSA) is 29.9 Å². The Labute approximate surface area is 125 Å². The maximum absolute atomic E-state index is 4.53. The smallest absolute Gasteiger partial charge is 0.126 e. The van der Waals surface area contributed by atoms with Crippen molar-refractivity contribution < 1.29 is 0 Å². The molecule has 3 nitrogen and oxygen atoms in total. The Hall–Kier alpha value is -1.26. The molecule has 2 rings (SSSR count). The van der Waals surface area contributed by atoms with Crippen molar-refractivity contribution in [2.75, 3.05) is 12.8 Å². The third kappa shape index (κ3) is 3.64. The maximum Gasteiger partial charge on any atom is 0.126 e. The maximum atomic E-state index is 4.53. The Morgan fingerprint density at radius 1 is 1.35 bits per heavy atom. The van der Waals surface area contributed by atoms with Gasteiger partial charge in [-0.25, -0.2) is 4.98 Å². The van der Waals surface area contributed by atoms with E-state index in [9.17, 15) is 0 Å². The highest BCUT2D eigenvalue weighted by Gasteiger charge is 2.15. The summed E-state index contributed by atoms with van der Waals surface area (Å²) in [7, 11) is 2.01. The molecule has 1 aromatic heterocycles. The lowest BCUT2D eigenvalue weighted by molar-refractivity contribution is 0.552. The first-order chi connectivity index (χ1) is 9.76. The lowest BCUT2D eigenvalue weighted by Crippen LogP contribution is -2.23. The molecule has 0 amide bonds. The van der Waals surface area contributed by atoms with Crippen LogP contribution >= 0.6 is 11.8 Å². The number of hydrogen-bond acceptors (Lipinski definition) is 3. The molecule has 2 aromatic rings. The Bertz CT molecular complexity index is 536. The van der Waals surface area contributed by atoms with Crippen LogP contribution in [-0.4, -0.2) is 22.4 Å². The van der Waals surface area contributed by atoms with Gasteiger partial charge in [0.15, 0.2) is 0 Å². The number of hydrogen-bond donors (Lipinski definition) is 1. The van der Waals surface area contributed by atoms with Gasteiger partial charge in [0.2, 0.25) is 0 Å². The Kier molecular flexibility index (Phi) is 5.68. The number of nitrogens with zero attached hydrogens (tertiary/aromatic N) is 2. The van der Waals surface area contributed by atoms with E-state index >= 15 is 0 Å². The van der Waals surface area contributed by atoms with Crippen molar-refractivity contribution in [3.8, 4) is 0 Å². The van der Waals surface area contributed by atoms with Gasteiger partial charge in [-0.2, -0.15) is 0 Å². The summed E-state index contributed by atoms with van der Waals surface area (Å²) in [6.45, 7) is 5.39. The lowest BCUT2D eigenvalue weighted by atomic mass is 10.2. The van der Waals surface area contributed by atoms with Gasteiger partial charge >= 0.3 is 0 Å². The van der Waals surface area contributed by atoms with Crippen LogP contribution in [0.3, 0.4) is 0 Å². The van der Waals surface area contributed by atoms with Gasteiger partial charge in [-0.05, 0) is 32.0 Å². The standard InChI is InChI=1S/C16H23N3S/c1-4-10-19-11-9-18-16(19)14(17-3)12-20-15-8-6-5-7-13(15)2/h5-9,11,14,17H,4,10,12H2,1-3H3. The van der Waals surface area contributed by atoms with E-state index in [0.717, 1.165) is 24.5 Å². The number of imidazole rings is 1. The molecule has 0 aliphatic carbocycles. The zero-order valence-corrected chi connectivity index (χ0v) is 13.3. The van der Waals surface area contributed by atoms with Crippen LogP contribution in [-0.2, 0) is 6.54 Å². The van der Waals surface area contributed by atoms with Crippen LogP contribution < -0.4 is 5.32 Å². The van der Waals surface area contributed by atoms with Crippen molar-refractivity contribution >= 4 is 11.8 Å². The van der Waals surface area contributed by atoms with E-state index in [-0.39, 0.29) is 6.04 Å². The average molecular weight is 289 g/mol. The number of benzene rings is 1. The SMILES string of the molecule is CCCn1ccnc1C(CSc1ccccc1C)NC. The first-order valence-corrected chi connectivity index (χ1v) is 8.11. The van der Waals surface area contributed by atoms with Crippen LogP contribution in [0, 0.1) is 6.92 Å². The van der Waals surface area contributed by atoms with Crippen molar-refractivity contribution in [3.05, 3.63) is 48.0 Å². The number of aromatic nitrogens is 2. The minimum absolute atomic E-state index is 0.279. The Balaban J connectivity index is 2.06. The molecular formula is C16H23N3S. The summed E-state index contributed by atoms with van der Waals surface area (Å²) in [4.78, 5) is 5.88. The van der Waals surface area contributed by atoms with E-state index in [2.05, 4.69) is 59.2 Å². The first kappa shape index (κ1) is 15.1. The molecule has 20 heavy (non-hydrogen) atoms. The van der Waals surface area contributed by atoms with Gasteiger partial charge in [0.25, 0.3) is 0 Å². The summed E-state index contributed by atoms with van der Waals surface area (Å²) in [5.41, 5.74) is 1.34. The molecule has 0 bridgehead atoms. The second-order valence-electron chi connectivity index (χ2n) is 4.90. The average Bonchev–Trinajstić information content (AvgIpc) is 2.90. The van der Waals surface area contributed by atoms with Crippen LogP contribution in [0.4, 0.5) is 0 Å². The monoisotopic (exact) mass is 289 g/mol. The normalized spacial score (nSPS) is 12.6. The molecule has 108 valence electrons. The van der Waals surface area contributed by atoms with E-state index in [1.54, 1.807) is 0 Å². The summed E-state index contributed by atoms with van der Waals surface area (Å²) < 4.78 is 2.25. The molecule has 0 fully saturated rings. The molecule has 1 aromatic carbocycles. The van der Waals surface area contributed by atoms with Crippen molar-refractivity contribution in [2.24, 2.45) is 0 Å². The third-order valence-corrected chi connectivity index (χ3v) is 4.64. The number of thioether (sulfide) groups is 1. The molecule has 1 heterocycles. The lowest BCUT2D eigenvalue weighted by Gasteiger charge is -2.17. The molecule has 1 unspecified atom stereocenters. The Morgan fingerprint density at radius 3 is 2.85 bits per heavy atom. The first-order valence-electron chi connectivity index (χ1n) is 7.13. The minimum Gasteiger partial charge on any atom is -0.334 e. The van der Waals surface area contributed by atoms with Crippen LogP contribution in [0.15, 0.2) is 41.6 Å². The van der Waals surface area contributed by atoms with Crippen molar-refractivity contribution in [2.45, 2.75) is 37.8 Å². The van der Waals surface area contributed by atoms with Gasteiger partial charge in [0.1, 0.15) is 5.82 Å². The number of rotatable bonds is 7. The summed E-state index contributed by atoms with van der Waals surface area (Å²) >= 11 is 1.89. The summed E-state index contributed by atoms with van der Waals surface area (Å²) in [6.07, 6.45) is 5.10. The van der Waals surface area contributed by atoms with E-state index in [0.29, 0.717) is 0 Å². The van der Waals surface area contributed by atoms with Gasteiger partial charge in [0.05, 0.1) is 6.04 Å². The van der Waals surface area contributed by atoms with Crippen LogP contribution in [0.25, 0.3) is 0 Å². The largest absolute Gasteiger partial charge is 0.334 e. The highest BCUT2D eigenvalue weighted by molar-refractivity contribution is 7.99. The zero-order chi connectivity index (χ0) is 14.4. The van der Waals surface area contributed by atoms with Gasteiger partial charge < -0.3 is 9.88 Å². The van der Waals surface area contributed by atoms with Crippen molar-refractivity contribution in [3.63, 3.8) is 0 Å². The quantitative estimate of drug-likeness (QED) is 0.789. The molecule has 4 heteroatoms. The van der Waals surface area contributed by atoms with E-state index in [4.69, 9.17) is 0 Å². The number of aryl methyl sites for hydroxylation is 2. The molecule has 1 atom stereocenters.